The van der Waals surface area contributed by atoms with Crippen molar-refractivity contribution in [1.29, 1.82) is 0 Å². The third-order valence-corrected chi connectivity index (χ3v) is 3.49. The molecule has 0 spiro atoms. The average molecular weight is 250 g/mol. The molecule has 0 aliphatic carbocycles. The van der Waals surface area contributed by atoms with Crippen molar-refractivity contribution in [2.45, 2.75) is 39.8 Å². The quantitative estimate of drug-likeness (QED) is 0.843. The Morgan fingerprint density at radius 1 is 1.28 bits per heavy atom. The summed E-state index contributed by atoms with van der Waals surface area (Å²) in [6.07, 6.45) is 1.03. The van der Waals surface area contributed by atoms with Crippen molar-refractivity contribution in [2.24, 2.45) is 5.73 Å². The molecular formula is C15H26N2O. The van der Waals surface area contributed by atoms with Crippen LogP contribution in [-0.4, -0.2) is 31.6 Å². The number of ether oxygens (including phenoxy) is 1. The lowest BCUT2D eigenvalue weighted by molar-refractivity contribution is 0.240. The first-order valence-electron chi connectivity index (χ1n) is 6.54. The minimum atomic E-state index is 0.512. The number of nitrogens with two attached hydrogens (primary N) is 1. The van der Waals surface area contributed by atoms with E-state index in [9.17, 15) is 0 Å². The Kier molecular flexibility index (Phi) is 5.63. The number of methoxy groups -OCH3 is 1. The molecule has 0 bridgehead atoms. The van der Waals surface area contributed by atoms with Gasteiger partial charge in [0, 0.05) is 12.6 Å². The van der Waals surface area contributed by atoms with Gasteiger partial charge in [-0.1, -0.05) is 12.1 Å². The van der Waals surface area contributed by atoms with Crippen LogP contribution in [0.5, 0.6) is 5.75 Å². The normalized spacial score (nSPS) is 12.8. The van der Waals surface area contributed by atoms with Crippen molar-refractivity contribution in [3.63, 3.8) is 0 Å². The zero-order chi connectivity index (χ0) is 13.7. The number of hydrogen-bond acceptors (Lipinski definition) is 3. The summed E-state index contributed by atoms with van der Waals surface area (Å²) < 4.78 is 5.39. The van der Waals surface area contributed by atoms with Crippen molar-refractivity contribution in [1.82, 2.24) is 4.90 Å². The van der Waals surface area contributed by atoms with E-state index in [1.165, 1.54) is 16.7 Å². The molecule has 1 aromatic carbocycles. The van der Waals surface area contributed by atoms with Crippen LogP contribution in [0.1, 0.15) is 30.0 Å². The first-order chi connectivity index (χ1) is 8.49. The molecule has 1 atom stereocenters. The molecule has 18 heavy (non-hydrogen) atoms. The molecule has 1 rings (SSSR count). The van der Waals surface area contributed by atoms with Gasteiger partial charge in [0.2, 0.25) is 0 Å². The lowest BCUT2D eigenvalue weighted by Gasteiger charge is -2.25. The Balaban J connectivity index is 2.79. The monoisotopic (exact) mass is 250 g/mol. The third kappa shape index (κ3) is 3.72. The van der Waals surface area contributed by atoms with E-state index < -0.39 is 0 Å². The highest BCUT2D eigenvalue weighted by Gasteiger charge is 2.11. The molecule has 3 heteroatoms. The fourth-order valence-corrected chi connectivity index (χ4v) is 2.36. The summed E-state index contributed by atoms with van der Waals surface area (Å²) in [7, 11) is 3.87. The Morgan fingerprint density at radius 2 is 1.83 bits per heavy atom. The zero-order valence-corrected chi connectivity index (χ0v) is 12.3. The molecule has 0 fully saturated rings. The van der Waals surface area contributed by atoms with E-state index in [0.29, 0.717) is 6.04 Å². The fourth-order valence-electron chi connectivity index (χ4n) is 2.36. The molecule has 3 nitrogen and oxygen atoms in total. The first kappa shape index (κ1) is 15.0. The predicted molar refractivity (Wildman–Crippen MR) is 77.1 cm³/mol. The lowest BCUT2D eigenvalue weighted by Crippen LogP contribution is -2.30. The maximum absolute atomic E-state index is 5.60. The molecule has 0 aliphatic rings. The summed E-state index contributed by atoms with van der Waals surface area (Å²) in [6.45, 7) is 8.10. The van der Waals surface area contributed by atoms with Crippen LogP contribution < -0.4 is 10.5 Å². The number of nitrogens with zero attached hydrogens (tertiary/aromatic N) is 1. The van der Waals surface area contributed by atoms with E-state index in [1.54, 1.807) is 7.11 Å². The van der Waals surface area contributed by atoms with Gasteiger partial charge in [-0.05, 0) is 57.5 Å². The summed E-state index contributed by atoms with van der Waals surface area (Å²) in [5.41, 5.74) is 9.34. The Hall–Kier alpha value is -1.06. The molecule has 0 saturated heterocycles. The second kappa shape index (κ2) is 6.76. The minimum absolute atomic E-state index is 0.512. The molecule has 0 heterocycles. The molecule has 0 radical (unpaired) electrons. The highest BCUT2D eigenvalue weighted by atomic mass is 16.5. The molecule has 0 aromatic heterocycles. The average Bonchev–Trinajstić information content (AvgIpc) is 2.28. The van der Waals surface area contributed by atoms with Crippen molar-refractivity contribution >= 4 is 0 Å². The van der Waals surface area contributed by atoms with Crippen LogP contribution in [0, 0.1) is 13.8 Å². The SMILES string of the molecule is COc1c(C)cc(CN(C)C(C)CCN)cc1C. The maximum Gasteiger partial charge on any atom is 0.124 e. The van der Waals surface area contributed by atoms with Crippen LogP contribution in [0.4, 0.5) is 0 Å². The van der Waals surface area contributed by atoms with Crippen LogP contribution in [-0.2, 0) is 6.54 Å². The Labute approximate surface area is 111 Å². The lowest BCUT2D eigenvalue weighted by atomic mass is 10.0. The van der Waals surface area contributed by atoms with Gasteiger partial charge >= 0.3 is 0 Å². The van der Waals surface area contributed by atoms with Gasteiger partial charge in [-0.2, -0.15) is 0 Å². The summed E-state index contributed by atoms with van der Waals surface area (Å²) in [4.78, 5) is 2.34. The molecule has 2 N–H and O–H groups in total. The van der Waals surface area contributed by atoms with Gasteiger partial charge in [0.25, 0.3) is 0 Å². The second-order valence-corrected chi connectivity index (χ2v) is 5.10. The van der Waals surface area contributed by atoms with Crippen molar-refractivity contribution in [3.8, 4) is 5.75 Å². The molecular weight excluding hydrogens is 224 g/mol. The Morgan fingerprint density at radius 3 is 2.28 bits per heavy atom. The van der Waals surface area contributed by atoms with E-state index in [2.05, 4.69) is 44.9 Å². The van der Waals surface area contributed by atoms with E-state index >= 15 is 0 Å². The van der Waals surface area contributed by atoms with Crippen LogP contribution in [0.3, 0.4) is 0 Å². The summed E-state index contributed by atoms with van der Waals surface area (Å²) in [6, 6.07) is 4.92. The number of hydrogen-bond donors (Lipinski definition) is 1. The molecule has 1 unspecified atom stereocenters. The molecule has 102 valence electrons. The number of aryl methyl sites for hydroxylation is 2. The zero-order valence-electron chi connectivity index (χ0n) is 12.3. The van der Waals surface area contributed by atoms with Crippen molar-refractivity contribution < 1.29 is 4.74 Å². The van der Waals surface area contributed by atoms with Crippen LogP contribution in [0.25, 0.3) is 0 Å². The highest BCUT2D eigenvalue weighted by molar-refractivity contribution is 5.43. The highest BCUT2D eigenvalue weighted by Crippen LogP contribution is 2.25. The summed E-state index contributed by atoms with van der Waals surface area (Å²) >= 11 is 0. The summed E-state index contributed by atoms with van der Waals surface area (Å²) in [5.74, 6) is 0.997. The van der Waals surface area contributed by atoms with Gasteiger partial charge in [-0.15, -0.1) is 0 Å². The van der Waals surface area contributed by atoms with Crippen molar-refractivity contribution in [3.05, 3.63) is 28.8 Å². The van der Waals surface area contributed by atoms with Gasteiger partial charge in [0.05, 0.1) is 7.11 Å². The largest absolute Gasteiger partial charge is 0.496 e. The molecule has 0 saturated carbocycles. The predicted octanol–water partition coefficient (Wildman–Crippen LogP) is 2.48. The van der Waals surface area contributed by atoms with Crippen molar-refractivity contribution in [2.75, 3.05) is 20.7 Å². The number of benzene rings is 1. The van der Waals surface area contributed by atoms with Gasteiger partial charge in [0.15, 0.2) is 0 Å². The maximum atomic E-state index is 5.60. The van der Waals surface area contributed by atoms with Crippen LogP contribution in [0.15, 0.2) is 12.1 Å². The molecule has 0 aliphatic heterocycles. The fraction of sp³-hybridized carbons (Fsp3) is 0.600. The Bertz CT molecular complexity index is 367. The topological polar surface area (TPSA) is 38.5 Å². The van der Waals surface area contributed by atoms with E-state index in [0.717, 1.165) is 25.3 Å². The van der Waals surface area contributed by atoms with Crippen LogP contribution >= 0.6 is 0 Å². The number of rotatable bonds is 6. The van der Waals surface area contributed by atoms with Gasteiger partial charge in [-0.25, -0.2) is 0 Å². The van der Waals surface area contributed by atoms with E-state index in [1.807, 2.05) is 0 Å². The minimum Gasteiger partial charge on any atom is -0.496 e. The molecule has 1 aromatic rings. The van der Waals surface area contributed by atoms with Gasteiger partial charge in [0.1, 0.15) is 5.75 Å². The standard InChI is InChI=1S/C15H26N2O/c1-11-8-14(9-12(2)15(11)18-5)10-17(4)13(3)6-7-16/h8-9,13H,6-7,10,16H2,1-5H3. The second-order valence-electron chi connectivity index (χ2n) is 5.10. The molecule has 0 amide bonds. The van der Waals surface area contributed by atoms with E-state index in [-0.39, 0.29) is 0 Å². The van der Waals surface area contributed by atoms with Gasteiger partial charge < -0.3 is 10.5 Å². The summed E-state index contributed by atoms with van der Waals surface area (Å²) in [5, 5.41) is 0. The van der Waals surface area contributed by atoms with E-state index in [4.69, 9.17) is 10.5 Å². The smallest absolute Gasteiger partial charge is 0.124 e. The van der Waals surface area contributed by atoms with Gasteiger partial charge in [-0.3, -0.25) is 4.90 Å². The third-order valence-electron chi connectivity index (χ3n) is 3.49. The first-order valence-corrected chi connectivity index (χ1v) is 6.54. The van der Waals surface area contributed by atoms with Crippen LogP contribution in [0.2, 0.25) is 0 Å².